The van der Waals surface area contributed by atoms with Crippen LogP contribution in [0.1, 0.15) is 35.3 Å². The fourth-order valence-corrected chi connectivity index (χ4v) is 3.01. The van der Waals surface area contributed by atoms with Gasteiger partial charge in [0, 0.05) is 6.54 Å². The third-order valence-electron chi connectivity index (χ3n) is 4.19. The first-order valence-corrected chi connectivity index (χ1v) is 7.94. The molecule has 0 aromatic heterocycles. The zero-order valence-electron chi connectivity index (χ0n) is 13.5. The minimum absolute atomic E-state index is 0.0759. The van der Waals surface area contributed by atoms with Gasteiger partial charge in [-0.1, -0.05) is 31.2 Å². The van der Waals surface area contributed by atoms with Crippen LogP contribution in [0, 0.1) is 0 Å². The van der Waals surface area contributed by atoms with Crippen LogP contribution in [-0.4, -0.2) is 23.7 Å². The van der Waals surface area contributed by atoms with E-state index in [0.717, 1.165) is 30.0 Å². The van der Waals surface area contributed by atoms with Crippen molar-refractivity contribution >= 4 is 11.7 Å². The van der Waals surface area contributed by atoms with Crippen LogP contribution in [-0.2, 0) is 13.0 Å². The molecule has 3 rings (SSSR count). The molecule has 0 saturated heterocycles. The van der Waals surface area contributed by atoms with Crippen LogP contribution in [0.25, 0.3) is 0 Å². The Morgan fingerprint density at radius 1 is 1.30 bits per heavy atom. The van der Waals surface area contributed by atoms with Gasteiger partial charge in [-0.05, 0) is 42.7 Å². The van der Waals surface area contributed by atoms with Crippen molar-refractivity contribution < 1.29 is 14.6 Å². The summed E-state index contributed by atoms with van der Waals surface area (Å²) in [6.45, 7) is 5.47. The van der Waals surface area contributed by atoms with Crippen LogP contribution in [0.15, 0.2) is 42.5 Å². The van der Waals surface area contributed by atoms with E-state index in [2.05, 4.69) is 24.0 Å². The van der Waals surface area contributed by atoms with Crippen molar-refractivity contribution in [2.24, 2.45) is 0 Å². The van der Waals surface area contributed by atoms with E-state index in [0.29, 0.717) is 12.1 Å². The molecule has 0 fully saturated rings. The molecule has 4 nitrogen and oxygen atoms in total. The number of carboxylic acids is 1. The lowest BCUT2D eigenvalue weighted by atomic mass is 10.0. The third-order valence-corrected chi connectivity index (χ3v) is 4.19. The van der Waals surface area contributed by atoms with E-state index < -0.39 is 5.97 Å². The Bertz CT molecular complexity index is 726. The van der Waals surface area contributed by atoms with Gasteiger partial charge in [0.1, 0.15) is 11.9 Å². The number of carbonyl (C=O) groups is 1. The van der Waals surface area contributed by atoms with Gasteiger partial charge in [-0.3, -0.25) is 0 Å². The van der Waals surface area contributed by atoms with Crippen molar-refractivity contribution in [3.63, 3.8) is 0 Å². The van der Waals surface area contributed by atoms with Gasteiger partial charge in [0.2, 0.25) is 0 Å². The first kappa shape index (κ1) is 15.4. The maximum absolute atomic E-state index is 11.4. The van der Waals surface area contributed by atoms with Gasteiger partial charge in [0.15, 0.2) is 0 Å². The van der Waals surface area contributed by atoms with Crippen molar-refractivity contribution in [2.75, 3.05) is 11.4 Å². The van der Waals surface area contributed by atoms with Gasteiger partial charge in [0.05, 0.1) is 17.8 Å². The second-order valence-electron chi connectivity index (χ2n) is 5.93. The van der Waals surface area contributed by atoms with Crippen molar-refractivity contribution in [1.29, 1.82) is 0 Å². The zero-order valence-corrected chi connectivity index (χ0v) is 13.5. The molecule has 1 N–H and O–H groups in total. The van der Waals surface area contributed by atoms with E-state index in [-0.39, 0.29) is 6.10 Å². The summed E-state index contributed by atoms with van der Waals surface area (Å²) in [5.74, 6) is -0.0156. The number of hydrogen-bond acceptors (Lipinski definition) is 3. The van der Waals surface area contributed by atoms with Crippen LogP contribution in [0.2, 0.25) is 0 Å². The molecule has 23 heavy (non-hydrogen) atoms. The quantitative estimate of drug-likeness (QED) is 0.934. The van der Waals surface area contributed by atoms with Gasteiger partial charge in [-0.15, -0.1) is 0 Å². The van der Waals surface area contributed by atoms with E-state index in [1.54, 1.807) is 12.1 Å². The fourth-order valence-electron chi connectivity index (χ4n) is 3.01. The highest BCUT2D eigenvalue weighted by molar-refractivity contribution is 5.89. The highest BCUT2D eigenvalue weighted by atomic mass is 16.5. The van der Waals surface area contributed by atoms with Crippen LogP contribution < -0.4 is 9.64 Å². The Kier molecular flexibility index (Phi) is 4.24. The van der Waals surface area contributed by atoms with Gasteiger partial charge in [0.25, 0.3) is 0 Å². The molecule has 0 bridgehead atoms. The van der Waals surface area contributed by atoms with E-state index in [4.69, 9.17) is 4.74 Å². The molecule has 4 heteroatoms. The molecule has 1 atom stereocenters. The monoisotopic (exact) mass is 311 g/mol. The highest BCUT2D eigenvalue weighted by Crippen LogP contribution is 2.35. The van der Waals surface area contributed by atoms with Gasteiger partial charge >= 0.3 is 5.97 Å². The van der Waals surface area contributed by atoms with Crippen molar-refractivity contribution in [3.05, 3.63) is 59.2 Å². The van der Waals surface area contributed by atoms with Crippen LogP contribution in [0.3, 0.4) is 0 Å². The fraction of sp³-hybridized carbons (Fsp3) is 0.316. The molecule has 0 radical (unpaired) electrons. The van der Waals surface area contributed by atoms with Crippen molar-refractivity contribution in [1.82, 2.24) is 0 Å². The normalized spacial score (nSPS) is 16.6. The largest absolute Gasteiger partial charge is 0.487 e. The predicted molar refractivity (Wildman–Crippen MR) is 90.4 cm³/mol. The molecule has 1 heterocycles. The summed E-state index contributed by atoms with van der Waals surface area (Å²) in [4.78, 5) is 13.6. The SMILES string of the molecule is CCc1ccc2c(c1)N(Cc1ccccc1C(=O)O)CC(C)O2. The minimum atomic E-state index is -0.885. The Hall–Kier alpha value is -2.49. The summed E-state index contributed by atoms with van der Waals surface area (Å²) in [6.07, 6.45) is 1.04. The van der Waals surface area contributed by atoms with E-state index in [9.17, 15) is 9.90 Å². The Morgan fingerprint density at radius 3 is 2.83 bits per heavy atom. The number of carboxylic acid groups (broad SMARTS) is 1. The number of fused-ring (bicyclic) bond motifs is 1. The number of ether oxygens (including phenoxy) is 1. The first-order valence-electron chi connectivity index (χ1n) is 7.94. The number of benzene rings is 2. The minimum Gasteiger partial charge on any atom is -0.487 e. The lowest BCUT2D eigenvalue weighted by Crippen LogP contribution is -2.38. The molecular formula is C19H21NO3. The Labute approximate surface area is 136 Å². The molecule has 1 unspecified atom stereocenters. The number of hydrogen-bond donors (Lipinski definition) is 1. The van der Waals surface area contributed by atoms with Gasteiger partial charge in [-0.2, -0.15) is 0 Å². The van der Waals surface area contributed by atoms with Crippen molar-refractivity contribution in [2.45, 2.75) is 32.9 Å². The lowest BCUT2D eigenvalue weighted by Gasteiger charge is -2.35. The summed E-state index contributed by atoms with van der Waals surface area (Å²) in [7, 11) is 0. The van der Waals surface area contributed by atoms with Crippen molar-refractivity contribution in [3.8, 4) is 5.75 Å². The van der Waals surface area contributed by atoms with E-state index in [1.807, 2.05) is 25.1 Å². The molecular weight excluding hydrogens is 290 g/mol. The lowest BCUT2D eigenvalue weighted by molar-refractivity contribution is 0.0695. The van der Waals surface area contributed by atoms with Crippen LogP contribution in [0.4, 0.5) is 5.69 Å². The Morgan fingerprint density at radius 2 is 2.09 bits per heavy atom. The standard InChI is InChI=1S/C19H21NO3/c1-3-14-8-9-18-17(10-14)20(11-13(2)23-18)12-15-6-4-5-7-16(15)19(21)22/h4-10,13H,3,11-12H2,1-2H3,(H,21,22). The second kappa shape index (κ2) is 6.32. The third kappa shape index (κ3) is 3.16. The molecule has 120 valence electrons. The molecule has 0 aliphatic carbocycles. The summed E-state index contributed by atoms with van der Waals surface area (Å²) >= 11 is 0. The average Bonchev–Trinajstić information content (AvgIpc) is 2.54. The molecule has 0 amide bonds. The van der Waals surface area contributed by atoms with Gasteiger partial charge in [-0.25, -0.2) is 4.79 Å². The highest BCUT2D eigenvalue weighted by Gasteiger charge is 2.24. The Balaban J connectivity index is 1.97. The van der Waals surface area contributed by atoms with E-state index >= 15 is 0 Å². The number of anilines is 1. The zero-order chi connectivity index (χ0) is 16.4. The molecule has 2 aromatic rings. The predicted octanol–water partition coefficient (Wildman–Crippen LogP) is 3.73. The molecule has 1 aliphatic rings. The maximum Gasteiger partial charge on any atom is 0.336 e. The molecule has 0 saturated carbocycles. The molecule has 0 spiro atoms. The topological polar surface area (TPSA) is 49.8 Å². The summed E-state index contributed by atoms with van der Waals surface area (Å²) < 4.78 is 5.92. The molecule has 2 aromatic carbocycles. The first-order chi connectivity index (χ1) is 11.1. The average molecular weight is 311 g/mol. The van der Waals surface area contributed by atoms with Crippen LogP contribution in [0.5, 0.6) is 5.75 Å². The number of aromatic carboxylic acids is 1. The van der Waals surface area contributed by atoms with Crippen LogP contribution >= 0.6 is 0 Å². The summed E-state index contributed by atoms with van der Waals surface area (Å²) in [5, 5.41) is 9.38. The van der Waals surface area contributed by atoms with Gasteiger partial charge < -0.3 is 14.7 Å². The second-order valence-corrected chi connectivity index (χ2v) is 5.93. The number of nitrogens with zero attached hydrogens (tertiary/aromatic N) is 1. The number of rotatable bonds is 4. The maximum atomic E-state index is 11.4. The smallest absolute Gasteiger partial charge is 0.336 e. The summed E-state index contributed by atoms with van der Waals surface area (Å²) in [6, 6.07) is 13.4. The summed E-state index contributed by atoms with van der Waals surface area (Å²) in [5.41, 5.74) is 3.47. The van der Waals surface area contributed by atoms with E-state index in [1.165, 1.54) is 5.56 Å². The number of aryl methyl sites for hydroxylation is 1. The molecule has 1 aliphatic heterocycles.